The zero-order chi connectivity index (χ0) is 15.8. The summed E-state index contributed by atoms with van der Waals surface area (Å²) in [6.07, 6.45) is 3.48. The van der Waals surface area contributed by atoms with Crippen LogP contribution < -0.4 is 5.32 Å². The number of rotatable bonds is 3. The fourth-order valence-electron chi connectivity index (χ4n) is 2.89. The van der Waals surface area contributed by atoms with Gasteiger partial charge in [0.1, 0.15) is 5.82 Å². The van der Waals surface area contributed by atoms with Crippen LogP contribution in [0.1, 0.15) is 17.0 Å². The molecule has 0 saturated carbocycles. The van der Waals surface area contributed by atoms with Gasteiger partial charge in [0.2, 0.25) is 0 Å². The van der Waals surface area contributed by atoms with E-state index in [0.717, 1.165) is 35.9 Å². The van der Waals surface area contributed by atoms with Crippen molar-refractivity contribution in [3.05, 3.63) is 69.6 Å². The van der Waals surface area contributed by atoms with Gasteiger partial charge >= 0.3 is 0 Å². The maximum atomic E-state index is 6.35. The molecule has 1 N–H and O–H groups in total. The van der Waals surface area contributed by atoms with Crippen LogP contribution in [-0.4, -0.2) is 21.3 Å². The average molecular weight is 345 g/mol. The summed E-state index contributed by atoms with van der Waals surface area (Å²) in [7, 11) is 0. The van der Waals surface area contributed by atoms with E-state index in [-0.39, 0.29) is 0 Å². The normalized spacial score (nSPS) is 13.0. The van der Waals surface area contributed by atoms with Crippen LogP contribution in [0.4, 0.5) is 5.82 Å². The van der Waals surface area contributed by atoms with Gasteiger partial charge in [-0.15, -0.1) is 0 Å². The molecule has 116 valence electrons. The van der Waals surface area contributed by atoms with E-state index in [1.165, 1.54) is 5.56 Å². The third-order valence-corrected chi connectivity index (χ3v) is 4.48. The summed E-state index contributed by atoms with van der Waals surface area (Å²) in [4.78, 5) is 4.40. The Morgan fingerprint density at radius 1 is 1.17 bits per heavy atom. The van der Waals surface area contributed by atoms with E-state index in [1.54, 1.807) is 12.3 Å². The first-order chi connectivity index (χ1) is 11.2. The SMILES string of the molecule is Clc1ccc(-n2nc(Cc3ccccn3)c3c2NCC3)c(Cl)c1. The number of pyridine rings is 1. The summed E-state index contributed by atoms with van der Waals surface area (Å²) in [5.74, 6) is 1.01. The Morgan fingerprint density at radius 3 is 2.87 bits per heavy atom. The molecule has 2 aromatic heterocycles. The van der Waals surface area contributed by atoms with E-state index < -0.39 is 0 Å². The number of fused-ring (bicyclic) bond motifs is 1. The highest BCUT2D eigenvalue weighted by atomic mass is 35.5. The summed E-state index contributed by atoms with van der Waals surface area (Å²) in [5, 5.41) is 9.38. The molecule has 0 radical (unpaired) electrons. The molecule has 3 aromatic rings. The van der Waals surface area contributed by atoms with Crippen molar-refractivity contribution in [2.45, 2.75) is 12.8 Å². The lowest BCUT2D eigenvalue weighted by atomic mass is 10.1. The van der Waals surface area contributed by atoms with Gasteiger partial charge in [-0.25, -0.2) is 4.68 Å². The molecular weight excluding hydrogens is 331 g/mol. The van der Waals surface area contributed by atoms with Crippen molar-refractivity contribution in [1.29, 1.82) is 0 Å². The van der Waals surface area contributed by atoms with Gasteiger partial charge in [0.15, 0.2) is 0 Å². The van der Waals surface area contributed by atoms with E-state index in [4.69, 9.17) is 28.3 Å². The van der Waals surface area contributed by atoms with Gasteiger partial charge in [-0.05, 0) is 36.8 Å². The second kappa shape index (κ2) is 5.87. The largest absolute Gasteiger partial charge is 0.369 e. The quantitative estimate of drug-likeness (QED) is 0.776. The van der Waals surface area contributed by atoms with Crippen molar-refractivity contribution in [2.24, 2.45) is 0 Å². The molecule has 0 fully saturated rings. The second-order valence-electron chi connectivity index (χ2n) is 5.46. The Morgan fingerprint density at radius 2 is 2.09 bits per heavy atom. The second-order valence-corrected chi connectivity index (χ2v) is 6.30. The summed E-state index contributed by atoms with van der Waals surface area (Å²) in [6, 6.07) is 11.4. The standard InChI is InChI=1S/C17H14Cl2N4/c18-11-4-5-16(14(19)9-11)23-17-13(6-8-21-17)15(22-23)10-12-3-1-2-7-20-12/h1-5,7,9,21H,6,8,10H2. The maximum absolute atomic E-state index is 6.35. The molecule has 0 spiro atoms. The molecule has 1 aromatic carbocycles. The summed E-state index contributed by atoms with van der Waals surface area (Å²) in [5.41, 5.74) is 4.11. The Kier molecular flexibility index (Phi) is 3.71. The van der Waals surface area contributed by atoms with Crippen molar-refractivity contribution >= 4 is 29.0 Å². The van der Waals surface area contributed by atoms with Crippen molar-refractivity contribution in [2.75, 3.05) is 11.9 Å². The molecule has 0 atom stereocenters. The average Bonchev–Trinajstić information content (AvgIpc) is 3.13. The summed E-state index contributed by atoms with van der Waals surface area (Å²) < 4.78 is 1.87. The first kappa shape index (κ1) is 14.5. The summed E-state index contributed by atoms with van der Waals surface area (Å²) >= 11 is 12.3. The summed E-state index contributed by atoms with van der Waals surface area (Å²) in [6.45, 7) is 0.910. The predicted octanol–water partition coefficient (Wildman–Crippen LogP) is 4.13. The molecule has 6 heteroatoms. The molecule has 0 amide bonds. The van der Waals surface area contributed by atoms with Gasteiger partial charge in [-0.3, -0.25) is 4.98 Å². The van der Waals surface area contributed by atoms with Crippen molar-refractivity contribution < 1.29 is 0 Å². The highest BCUT2D eigenvalue weighted by Crippen LogP contribution is 2.33. The zero-order valence-corrected chi connectivity index (χ0v) is 13.8. The van der Waals surface area contributed by atoms with Gasteiger partial charge in [0.05, 0.1) is 16.4 Å². The molecule has 4 rings (SSSR count). The minimum Gasteiger partial charge on any atom is -0.369 e. The molecule has 1 aliphatic rings. The molecule has 1 aliphatic heterocycles. The highest BCUT2D eigenvalue weighted by Gasteiger charge is 2.24. The van der Waals surface area contributed by atoms with E-state index >= 15 is 0 Å². The molecule has 23 heavy (non-hydrogen) atoms. The van der Waals surface area contributed by atoms with Gasteiger partial charge in [-0.2, -0.15) is 5.10 Å². The number of hydrogen-bond acceptors (Lipinski definition) is 3. The van der Waals surface area contributed by atoms with Crippen LogP contribution in [0.15, 0.2) is 42.6 Å². The predicted molar refractivity (Wildman–Crippen MR) is 92.8 cm³/mol. The van der Waals surface area contributed by atoms with Crippen LogP contribution in [0.3, 0.4) is 0 Å². The maximum Gasteiger partial charge on any atom is 0.133 e. The molecule has 3 heterocycles. The molecular formula is C17H14Cl2N4. The lowest BCUT2D eigenvalue weighted by Crippen LogP contribution is -2.06. The minimum atomic E-state index is 0.584. The van der Waals surface area contributed by atoms with Crippen molar-refractivity contribution in [3.8, 4) is 5.69 Å². The number of anilines is 1. The topological polar surface area (TPSA) is 42.7 Å². The van der Waals surface area contributed by atoms with Crippen LogP contribution in [0.5, 0.6) is 0 Å². The smallest absolute Gasteiger partial charge is 0.133 e. The van der Waals surface area contributed by atoms with Gasteiger partial charge in [0.25, 0.3) is 0 Å². The van der Waals surface area contributed by atoms with Crippen LogP contribution in [0, 0.1) is 0 Å². The van der Waals surface area contributed by atoms with Crippen LogP contribution in [0.25, 0.3) is 5.69 Å². The Labute approximate surface area is 144 Å². The van der Waals surface area contributed by atoms with Gasteiger partial charge < -0.3 is 5.32 Å². The lowest BCUT2D eigenvalue weighted by molar-refractivity contribution is 0.834. The van der Waals surface area contributed by atoms with Crippen LogP contribution >= 0.6 is 23.2 Å². The van der Waals surface area contributed by atoms with E-state index in [2.05, 4.69) is 10.3 Å². The minimum absolute atomic E-state index is 0.584. The zero-order valence-electron chi connectivity index (χ0n) is 12.3. The van der Waals surface area contributed by atoms with Crippen LogP contribution in [-0.2, 0) is 12.8 Å². The Bertz CT molecular complexity index is 859. The fraction of sp³-hybridized carbons (Fsp3) is 0.176. The Hall–Kier alpha value is -2.04. The van der Waals surface area contributed by atoms with Gasteiger partial charge in [0, 0.05) is 35.4 Å². The molecule has 4 nitrogen and oxygen atoms in total. The monoisotopic (exact) mass is 344 g/mol. The number of benzene rings is 1. The molecule has 0 unspecified atom stereocenters. The first-order valence-corrected chi connectivity index (χ1v) is 8.18. The number of aromatic nitrogens is 3. The first-order valence-electron chi connectivity index (χ1n) is 7.42. The third kappa shape index (κ3) is 2.69. The van der Waals surface area contributed by atoms with Crippen molar-refractivity contribution in [1.82, 2.24) is 14.8 Å². The molecule has 0 bridgehead atoms. The molecule has 0 aliphatic carbocycles. The third-order valence-electron chi connectivity index (χ3n) is 3.95. The Balaban J connectivity index is 1.78. The number of halogens is 2. The number of nitrogens with zero attached hydrogens (tertiary/aromatic N) is 3. The highest BCUT2D eigenvalue weighted by molar-refractivity contribution is 6.35. The van der Waals surface area contributed by atoms with Crippen LogP contribution in [0.2, 0.25) is 10.0 Å². The lowest BCUT2D eigenvalue weighted by Gasteiger charge is -2.08. The number of hydrogen-bond donors (Lipinski definition) is 1. The fourth-order valence-corrected chi connectivity index (χ4v) is 3.38. The van der Waals surface area contributed by atoms with E-state index in [1.807, 2.05) is 35.0 Å². The van der Waals surface area contributed by atoms with E-state index in [9.17, 15) is 0 Å². The van der Waals surface area contributed by atoms with E-state index in [0.29, 0.717) is 16.5 Å². The van der Waals surface area contributed by atoms with Crippen molar-refractivity contribution in [3.63, 3.8) is 0 Å². The number of nitrogens with one attached hydrogen (secondary N) is 1. The molecule has 0 saturated heterocycles. The van der Waals surface area contributed by atoms with Gasteiger partial charge in [-0.1, -0.05) is 29.3 Å².